The molecule has 0 aliphatic heterocycles. The van der Waals surface area contributed by atoms with Gasteiger partial charge in [-0.25, -0.2) is 0 Å². The van der Waals surface area contributed by atoms with Crippen molar-refractivity contribution >= 4 is 11.6 Å². The molecule has 7 nitrogen and oxygen atoms in total. The van der Waals surface area contributed by atoms with E-state index in [1.165, 1.54) is 19.2 Å². The predicted octanol–water partition coefficient (Wildman–Crippen LogP) is 5.70. The van der Waals surface area contributed by atoms with Crippen LogP contribution in [0.3, 0.4) is 0 Å². The zero-order chi connectivity index (χ0) is 24.8. The van der Waals surface area contributed by atoms with Crippen LogP contribution in [0.4, 0.5) is 18.9 Å². The number of hydrogen-bond donors (Lipinski definition) is 1. The molecule has 0 bridgehead atoms. The molecular weight excluding hydrogens is 463 g/mol. The molecule has 35 heavy (non-hydrogen) atoms. The minimum atomic E-state index is -4.57. The lowest BCUT2D eigenvalue weighted by atomic mass is 10.1. The molecule has 0 saturated heterocycles. The summed E-state index contributed by atoms with van der Waals surface area (Å²) in [6, 6.07) is 18.4. The molecule has 4 rings (SSSR count). The number of carbonyl (C=O) groups excluding carboxylic acids is 1. The summed E-state index contributed by atoms with van der Waals surface area (Å²) < 4.78 is 55.6. The molecule has 4 aromatic rings. The standard InChI is InChI=1S/C25H20F3N3O4/c1-33-13-14-34-21-12-11-19(25(26,27)28)15-20(21)29-22(32)16-7-9-18(10-8-16)24-31-30-23(35-24)17-5-3-2-4-6-17/h2-12,15H,13-14H2,1H3,(H,29,32). The maximum Gasteiger partial charge on any atom is 0.416 e. The van der Waals surface area contributed by atoms with Crippen LogP contribution in [0.5, 0.6) is 5.75 Å². The fourth-order valence-electron chi connectivity index (χ4n) is 3.16. The van der Waals surface area contributed by atoms with Crippen molar-refractivity contribution in [2.75, 3.05) is 25.6 Å². The third kappa shape index (κ3) is 5.85. The lowest BCUT2D eigenvalue weighted by molar-refractivity contribution is -0.137. The second kappa shape index (κ2) is 10.4. The maximum atomic E-state index is 13.2. The van der Waals surface area contributed by atoms with Crippen LogP contribution < -0.4 is 10.1 Å². The van der Waals surface area contributed by atoms with Crippen LogP contribution in [0.1, 0.15) is 15.9 Å². The van der Waals surface area contributed by atoms with E-state index in [-0.39, 0.29) is 36.1 Å². The SMILES string of the molecule is COCCOc1ccc(C(F)(F)F)cc1NC(=O)c1ccc(-c2nnc(-c3ccccc3)o2)cc1. The van der Waals surface area contributed by atoms with Gasteiger partial charge >= 0.3 is 6.18 Å². The van der Waals surface area contributed by atoms with Crippen LogP contribution in [0.25, 0.3) is 22.9 Å². The predicted molar refractivity (Wildman–Crippen MR) is 122 cm³/mol. The van der Waals surface area contributed by atoms with E-state index in [4.69, 9.17) is 13.9 Å². The van der Waals surface area contributed by atoms with E-state index < -0.39 is 17.6 Å². The Morgan fingerprint density at radius 3 is 2.20 bits per heavy atom. The topological polar surface area (TPSA) is 86.5 Å². The molecule has 0 unspecified atom stereocenters. The van der Waals surface area contributed by atoms with E-state index in [1.54, 1.807) is 12.1 Å². The van der Waals surface area contributed by atoms with Gasteiger partial charge in [-0.05, 0) is 54.6 Å². The van der Waals surface area contributed by atoms with Gasteiger partial charge in [-0.1, -0.05) is 18.2 Å². The Morgan fingerprint density at radius 1 is 0.914 bits per heavy atom. The quantitative estimate of drug-likeness (QED) is 0.324. The molecule has 1 heterocycles. The molecule has 0 radical (unpaired) electrons. The number of methoxy groups -OCH3 is 1. The van der Waals surface area contributed by atoms with E-state index in [1.807, 2.05) is 30.3 Å². The zero-order valence-corrected chi connectivity index (χ0v) is 18.5. The van der Waals surface area contributed by atoms with E-state index in [9.17, 15) is 18.0 Å². The van der Waals surface area contributed by atoms with Crippen molar-refractivity contribution in [2.45, 2.75) is 6.18 Å². The zero-order valence-electron chi connectivity index (χ0n) is 18.5. The van der Waals surface area contributed by atoms with Crippen molar-refractivity contribution in [2.24, 2.45) is 0 Å². The number of hydrogen-bond acceptors (Lipinski definition) is 6. The second-order valence-electron chi connectivity index (χ2n) is 7.36. The molecular formula is C25H20F3N3O4. The van der Waals surface area contributed by atoms with Gasteiger partial charge in [-0.15, -0.1) is 10.2 Å². The Hall–Kier alpha value is -4.18. The molecule has 0 fully saturated rings. The number of aromatic nitrogens is 2. The minimum Gasteiger partial charge on any atom is -0.489 e. The Bertz CT molecular complexity index is 1290. The number of nitrogens with zero attached hydrogens (tertiary/aromatic N) is 2. The van der Waals surface area contributed by atoms with Crippen molar-refractivity contribution in [3.05, 3.63) is 83.9 Å². The van der Waals surface area contributed by atoms with Gasteiger partial charge in [0.1, 0.15) is 12.4 Å². The Morgan fingerprint density at radius 2 is 1.57 bits per heavy atom. The van der Waals surface area contributed by atoms with Gasteiger partial charge in [-0.3, -0.25) is 4.79 Å². The van der Waals surface area contributed by atoms with Crippen LogP contribution in [0.2, 0.25) is 0 Å². The highest BCUT2D eigenvalue weighted by Gasteiger charge is 2.31. The summed E-state index contributed by atoms with van der Waals surface area (Å²) in [6.45, 7) is 0.339. The molecule has 0 atom stereocenters. The lowest BCUT2D eigenvalue weighted by Gasteiger charge is -2.15. The number of benzene rings is 3. The molecule has 0 aliphatic rings. The van der Waals surface area contributed by atoms with Crippen LogP contribution in [0.15, 0.2) is 77.2 Å². The van der Waals surface area contributed by atoms with E-state index in [0.717, 1.165) is 23.8 Å². The van der Waals surface area contributed by atoms with Crippen molar-refractivity contribution in [3.8, 4) is 28.7 Å². The van der Waals surface area contributed by atoms with Gasteiger partial charge < -0.3 is 19.2 Å². The van der Waals surface area contributed by atoms with Crippen LogP contribution in [-0.4, -0.2) is 36.4 Å². The molecule has 0 aliphatic carbocycles. The van der Waals surface area contributed by atoms with Crippen LogP contribution in [0, 0.1) is 0 Å². The average molecular weight is 483 g/mol. The number of ether oxygens (including phenoxy) is 2. The first kappa shape index (κ1) is 24.0. The summed E-state index contributed by atoms with van der Waals surface area (Å²) in [5.41, 5.74) is 0.560. The van der Waals surface area contributed by atoms with Gasteiger partial charge in [0.2, 0.25) is 11.8 Å². The van der Waals surface area contributed by atoms with Crippen molar-refractivity contribution in [1.82, 2.24) is 10.2 Å². The molecule has 1 aromatic heterocycles. The summed E-state index contributed by atoms with van der Waals surface area (Å²) >= 11 is 0. The Kier molecular flexibility index (Phi) is 7.11. The number of alkyl halides is 3. The second-order valence-corrected chi connectivity index (χ2v) is 7.36. The van der Waals surface area contributed by atoms with Gasteiger partial charge in [-0.2, -0.15) is 13.2 Å². The van der Waals surface area contributed by atoms with Crippen LogP contribution >= 0.6 is 0 Å². The molecule has 1 amide bonds. The molecule has 0 spiro atoms. The number of anilines is 1. The highest BCUT2D eigenvalue weighted by atomic mass is 19.4. The van der Waals surface area contributed by atoms with Crippen molar-refractivity contribution in [3.63, 3.8) is 0 Å². The highest BCUT2D eigenvalue weighted by Crippen LogP contribution is 2.35. The number of halogens is 3. The monoisotopic (exact) mass is 483 g/mol. The number of amides is 1. The summed E-state index contributed by atoms with van der Waals surface area (Å²) in [6.07, 6.45) is -4.57. The first-order valence-electron chi connectivity index (χ1n) is 10.5. The van der Waals surface area contributed by atoms with Crippen LogP contribution in [-0.2, 0) is 10.9 Å². The van der Waals surface area contributed by atoms with Crippen molar-refractivity contribution in [1.29, 1.82) is 0 Å². The van der Waals surface area contributed by atoms with Gasteiger partial charge in [0.15, 0.2) is 0 Å². The van der Waals surface area contributed by atoms with E-state index in [0.29, 0.717) is 11.5 Å². The largest absolute Gasteiger partial charge is 0.489 e. The Labute approximate surface area is 198 Å². The number of nitrogens with one attached hydrogen (secondary N) is 1. The van der Waals surface area contributed by atoms with E-state index >= 15 is 0 Å². The molecule has 180 valence electrons. The number of carbonyl (C=O) groups is 1. The fraction of sp³-hybridized carbons (Fsp3) is 0.160. The summed E-state index contributed by atoms with van der Waals surface area (Å²) in [5.74, 6) is 0.109. The summed E-state index contributed by atoms with van der Waals surface area (Å²) in [5, 5.41) is 10.6. The molecule has 10 heteroatoms. The lowest BCUT2D eigenvalue weighted by Crippen LogP contribution is -2.15. The first-order valence-corrected chi connectivity index (χ1v) is 10.5. The van der Waals surface area contributed by atoms with E-state index in [2.05, 4.69) is 15.5 Å². The Balaban J connectivity index is 1.52. The normalized spacial score (nSPS) is 11.3. The molecule has 3 aromatic carbocycles. The molecule has 1 N–H and O–H groups in total. The van der Waals surface area contributed by atoms with Gasteiger partial charge in [0.05, 0.1) is 17.9 Å². The third-order valence-electron chi connectivity index (χ3n) is 4.94. The molecule has 0 saturated carbocycles. The fourth-order valence-corrected chi connectivity index (χ4v) is 3.16. The average Bonchev–Trinajstić information content (AvgIpc) is 3.35. The van der Waals surface area contributed by atoms with Gasteiger partial charge in [0.25, 0.3) is 5.91 Å². The maximum absolute atomic E-state index is 13.2. The highest BCUT2D eigenvalue weighted by molar-refractivity contribution is 6.05. The summed E-state index contributed by atoms with van der Waals surface area (Å²) in [4.78, 5) is 12.8. The first-order chi connectivity index (χ1) is 16.8. The number of rotatable bonds is 8. The van der Waals surface area contributed by atoms with Crippen molar-refractivity contribution < 1.29 is 31.9 Å². The smallest absolute Gasteiger partial charge is 0.416 e. The minimum absolute atomic E-state index is 0.0966. The van der Waals surface area contributed by atoms with Gasteiger partial charge in [0, 0.05) is 23.8 Å². The summed E-state index contributed by atoms with van der Waals surface area (Å²) in [7, 11) is 1.47. The third-order valence-corrected chi connectivity index (χ3v) is 4.94.